The van der Waals surface area contributed by atoms with E-state index in [9.17, 15) is 9.59 Å². The minimum atomic E-state index is 0.0784. The lowest BCUT2D eigenvalue weighted by Crippen LogP contribution is -2.56. The van der Waals surface area contributed by atoms with E-state index in [-0.39, 0.29) is 18.2 Å². The van der Waals surface area contributed by atoms with Crippen LogP contribution in [-0.2, 0) is 16.0 Å². The molecule has 1 aliphatic carbocycles. The Bertz CT molecular complexity index is 797. The second-order valence-corrected chi connectivity index (χ2v) is 8.99. The number of methoxy groups -OCH3 is 2. The number of nitrogens with zero attached hydrogens (tertiary/aromatic N) is 4. The summed E-state index contributed by atoms with van der Waals surface area (Å²) in [4.78, 5) is 34.3. The van der Waals surface area contributed by atoms with Crippen molar-refractivity contribution < 1.29 is 19.1 Å². The van der Waals surface area contributed by atoms with Crippen molar-refractivity contribution >= 4 is 11.8 Å². The van der Waals surface area contributed by atoms with Gasteiger partial charge >= 0.3 is 0 Å². The third-order valence-electron chi connectivity index (χ3n) is 7.17. The second-order valence-electron chi connectivity index (χ2n) is 8.99. The molecule has 0 N–H and O–H groups in total. The van der Waals surface area contributed by atoms with Gasteiger partial charge in [-0.2, -0.15) is 0 Å². The molecule has 8 nitrogen and oxygen atoms in total. The number of amides is 2. The Morgan fingerprint density at radius 1 is 0.875 bits per heavy atom. The Labute approximate surface area is 191 Å². The van der Waals surface area contributed by atoms with Gasteiger partial charge in [0.15, 0.2) is 11.5 Å². The number of benzene rings is 1. The van der Waals surface area contributed by atoms with Gasteiger partial charge in [0, 0.05) is 64.0 Å². The Balaban J connectivity index is 1.21. The molecule has 1 saturated carbocycles. The number of piperazine rings is 2. The lowest BCUT2D eigenvalue weighted by molar-refractivity contribution is -0.136. The van der Waals surface area contributed by atoms with E-state index in [0.717, 1.165) is 50.9 Å². The lowest BCUT2D eigenvalue weighted by atomic mass is 9.91. The Morgan fingerprint density at radius 2 is 1.53 bits per heavy atom. The number of ether oxygens (including phenoxy) is 2. The lowest BCUT2D eigenvalue weighted by Gasteiger charge is -2.43. The summed E-state index contributed by atoms with van der Waals surface area (Å²) in [6.45, 7) is 6.91. The van der Waals surface area contributed by atoms with Crippen LogP contribution in [0.3, 0.4) is 0 Å². The van der Waals surface area contributed by atoms with Crippen LogP contribution in [0, 0.1) is 0 Å². The number of hydrogen-bond donors (Lipinski definition) is 0. The SMILES string of the molecule is COc1cccc(CC(=O)N2CCN(CC(=O)N3CCN(C4CCC4)CC3)CC2)c1OC. The summed E-state index contributed by atoms with van der Waals surface area (Å²) in [6, 6.07) is 6.36. The van der Waals surface area contributed by atoms with E-state index >= 15 is 0 Å². The Kier molecular flexibility index (Phi) is 7.52. The van der Waals surface area contributed by atoms with Crippen LogP contribution >= 0.6 is 0 Å². The molecule has 0 unspecified atom stereocenters. The molecule has 4 rings (SSSR count). The molecule has 3 aliphatic rings. The van der Waals surface area contributed by atoms with E-state index in [0.29, 0.717) is 31.1 Å². The summed E-state index contributed by atoms with van der Waals surface area (Å²) in [6.07, 6.45) is 4.28. The topological polar surface area (TPSA) is 65.6 Å². The fourth-order valence-corrected chi connectivity index (χ4v) is 4.90. The van der Waals surface area contributed by atoms with Crippen LogP contribution < -0.4 is 9.47 Å². The van der Waals surface area contributed by atoms with Crippen LogP contribution in [0.15, 0.2) is 18.2 Å². The van der Waals surface area contributed by atoms with Gasteiger partial charge in [-0.3, -0.25) is 19.4 Å². The maximum atomic E-state index is 12.9. The second kappa shape index (κ2) is 10.5. The third kappa shape index (κ3) is 5.18. The van der Waals surface area contributed by atoms with E-state index in [2.05, 4.69) is 9.80 Å². The molecule has 0 aromatic heterocycles. The summed E-state index contributed by atoms with van der Waals surface area (Å²) in [7, 11) is 3.19. The van der Waals surface area contributed by atoms with Gasteiger partial charge in [0.1, 0.15) is 0 Å². The number of rotatable bonds is 7. The standard InChI is InChI=1S/C24H36N4O4/c1-31-21-8-3-5-19(24(21)32-2)17-22(29)27-11-9-25(10-12-27)18-23(30)28-15-13-26(14-16-28)20-6-4-7-20/h3,5,8,20H,4,6-7,9-18H2,1-2H3. The zero-order valence-electron chi connectivity index (χ0n) is 19.4. The normalized spacial score (nSPS) is 20.7. The van der Waals surface area contributed by atoms with Crippen LogP contribution in [0.4, 0.5) is 0 Å². The first-order valence-electron chi connectivity index (χ1n) is 11.8. The average molecular weight is 445 g/mol. The molecule has 0 radical (unpaired) electrons. The molecule has 0 bridgehead atoms. The zero-order chi connectivity index (χ0) is 22.5. The van der Waals surface area contributed by atoms with Crippen LogP contribution in [0.1, 0.15) is 24.8 Å². The van der Waals surface area contributed by atoms with E-state index in [1.54, 1.807) is 14.2 Å². The fourth-order valence-electron chi connectivity index (χ4n) is 4.90. The van der Waals surface area contributed by atoms with Crippen molar-refractivity contribution in [3.8, 4) is 11.5 Å². The minimum absolute atomic E-state index is 0.0784. The molecular formula is C24H36N4O4. The summed E-state index contributed by atoms with van der Waals surface area (Å²) in [5, 5.41) is 0. The van der Waals surface area contributed by atoms with Crippen LogP contribution in [0.25, 0.3) is 0 Å². The molecule has 3 fully saturated rings. The van der Waals surface area contributed by atoms with Crippen molar-refractivity contribution in [1.29, 1.82) is 0 Å². The van der Waals surface area contributed by atoms with Gasteiger partial charge in [0.2, 0.25) is 11.8 Å². The number of para-hydroxylation sites is 1. The van der Waals surface area contributed by atoms with Crippen LogP contribution in [-0.4, -0.2) is 111 Å². The van der Waals surface area contributed by atoms with Crippen molar-refractivity contribution in [1.82, 2.24) is 19.6 Å². The molecule has 176 valence electrons. The van der Waals surface area contributed by atoms with Gasteiger partial charge in [-0.25, -0.2) is 0 Å². The summed E-state index contributed by atoms with van der Waals surface area (Å²) < 4.78 is 10.8. The van der Waals surface area contributed by atoms with Crippen molar-refractivity contribution in [3.63, 3.8) is 0 Å². The van der Waals surface area contributed by atoms with Gasteiger partial charge in [-0.15, -0.1) is 0 Å². The first kappa shape index (κ1) is 22.9. The van der Waals surface area contributed by atoms with Gasteiger partial charge in [0.25, 0.3) is 0 Å². The molecule has 8 heteroatoms. The molecule has 32 heavy (non-hydrogen) atoms. The highest BCUT2D eigenvalue weighted by Crippen LogP contribution is 2.31. The van der Waals surface area contributed by atoms with Crippen molar-refractivity contribution in [2.75, 3.05) is 73.1 Å². The predicted octanol–water partition coefficient (Wildman–Crippen LogP) is 1.09. The number of carbonyl (C=O) groups is 2. The van der Waals surface area contributed by atoms with Gasteiger partial charge in [0.05, 0.1) is 27.2 Å². The van der Waals surface area contributed by atoms with Crippen molar-refractivity contribution in [2.45, 2.75) is 31.7 Å². The van der Waals surface area contributed by atoms with Gasteiger partial charge in [-0.05, 0) is 18.9 Å². The molecule has 2 aliphatic heterocycles. The highest BCUT2D eigenvalue weighted by molar-refractivity contribution is 5.80. The monoisotopic (exact) mass is 444 g/mol. The summed E-state index contributed by atoms with van der Waals surface area (Å²) in [5.74, 6) is 1.55. The smallest absolute Gasteiger partial charge is 0.236 e. The highest BCUT2D eigenvalue weighted by Gasteiger charge is 2.30. The first-order chi connectivity index (χ1) is 15.6. The number of carbonyl (C=O) groups excluding carboxylic acids is 2. The largest absolute Gasteiger partial charge is 0.493 e. The fraction of sp³-hybridized carbons (Fsp3) is 0.667. The molecule has 1 aromatic rings. The minimum Gasteiger partial charge on any atom is -0.493 e. The van der Waals surface area contributed by atoms with E-state index in [1.807, 2.05) is 28.0 Å². The number of hydrogen-bond acceptors (Lipinski definition) is 6. The summed E-state index contributed by atoms with van der Waals surface area (Å²) in [5.41, 5.74) is 0.829. The predicted molar refractivity (Wildman–Crippen MR) is 122 cm³/mol. The summed E-state index contributed by atoms with van der Waals surface area (Å²) >= 11 is 0. The van der Waals surface area contributed by atoms with Gasteiger partial charge in [-0.1, -0.05) is 18.6 Å². The van der Waals surface area contributed by atoms with Gasteiger partial charge < -0.3 is 19.3 Å². The molecule has 2 saturated heterocycles. The van der Waals surface area contributed by atoms with Crippen LogP contribution in [0.5, 0.6) is 11.5 Å². The Hall–Kier alpha value is -2.32. The van der Waals surface area contributed by atoms with E-state index in [4.69, 9.17) is 9.47 Å². The maximum absolute atomic E-state index is 12.9. The molecular weight excluding hydrogens is 408 g/mol. The van der Waals surface area contributed by atoms with E-state index < -0.39 is 0 Å². The Morgan fingerprint density at radius 3 is 2.12 bits per heavy atom. The quantitative estimate of drug-likeness (QED) is 0.627. The maximum Gasteiger partial charge on any atom is 0.236 e. The molecule has 2 heterocycles. The van der Waals surface area contributed by atoms with Crippen molar-refractivity contribution in [2.24, 2.45) is 0 Å². The molecule has 0 atom stereocenters. The highest BCUT2D eigenvalue weighted by atomic mass is 16.5. The first-order valence-corrected chi connectivity index (χ1v) is 11.8. The van der Waals surface area contributed by atoms with E-state index in [1.165, 1.54) is 19.3 Å². The van der Waals surface area contributed by atoms with Crippen LogP contribution in [0.2, 0.25) is 0 Å². The third-order valence-corrected chi connectivity index (χ3v) is 7.17. The average Bonchev–Trinajstić information content (AvgIpc) is 2.78. The molecule has 2 amide bonds. The molecule has 1 aromatic carbocycles. The van der Waals surface area contributed by atoms with Crippen molar-refractivity contribution in [3.05, 3.63) is 23.8 Å². The zero-order valence-corrected chi connectivity index (χ0v) is 19.4. The molecule has 0 spiro atoms.